The Morgan fingerprint density at radius 2 is 1.82 bits per heavy atom. The average Bonchev–Trinajstić information content (AvgIpc) is 1.99. The van der Waals surface area contributed by atoms with Gasteiger partial charge in [0, 0.05) is 10.0 Å². The van der Waals surface area contributed by atoms with Gasteiger partial charge in [-0.05, 0) is 34.5 Å². The van der Waals surface area contributed by atoms with Gasteiger partial charge in [-0.15, -0.1) is 0 Å². The highest BCUT2D eigenvalue weighted by molar-refractivity contribution is 9.11. The highest BCUT2D eigenvalue weighted by atomic mass is 79.9. The van der Waals surface area contributed by atoms with Crippen LogP contribution in [0.3, 0.4) is 0 Å². The van der Waals surface area contributed by atoms with E-state index in [2.05, 4.69) is 31.9 Å². The molecular formula is C8H7Br2F. The molecule has 0 atom stereocenters. The van der Waals surface area contributed by atoms with Crippen LogP contribution in [0, 0.1) is 5.82 Å². The Labute approximate surface area is 82.1 Å². The molecule has 0 spiro atoms. The molecule has 0 N–H and O–H groups in total. The summed E-state index contributed by atoms with van der Waals surface area (Å²) < 4.78 is 14.5. The Morgan fingerprint density at radius 3 is 2.27 bits per heavy atom. The summed E-state index contributed by atoms with van der Waals surface area (Å²) in [5.41, 5.74) is 0.722. The molecule has 0 amide bonds. The fourth-order valence-corrected chi connectivity index (χ4v) is 1.85. The lowest BCUT2D eigenvalue weighted by Crippen LogP contribution is -1.90. The zero-order valence-electron chi connectivity index (χ0n) is 6.00. The van der Waals surface area contributed by atoms with Crippen molar-refractivity contribution in [3.63, 3.8) is 0 Å². The van der Waals surface area contributed by atoms with Gasteiger partial charge in [-0.3, -0.25) is 0 Å². The Kier molecular flexibility index (Phi) is 3.07. The molecule has 0 fully saturated rings. The zero-order valence-corrected chi connectivity index (χ0v) is 9.17. The summed E-state index contributed by atoms with van der Waals surface area (Å²) in [4.78, 5) is 0. The second-order valence-electron chi connectivity index (χ2n) is 2.18. The third-order valence-electron chi connectivity index (χ3n) is 1.49. The summed E-state index contributed by atoms with van der Waals surface area (Å²) in [6, 6.07) is 3.53. The molecule has 3 heteroatoms. The van der Waals surface area contributed by atoms with Crippen LogP contribution in [0.15, 0.2) is 21.1 Å². The number of halogens is 3. The summed E-state index contributed by atoms with van der Waals surface area (Å²) in [5.74, 6) is -0.165. The maximum atomic E-state index is 13.2. The van der Waals surface area contributed by atoms with Gasteiger partial charge in [0.15, 0.2) is 0 Å². The van der Waals surface area contributed by atoms with E-state index >= 15 is 0 Å². The van der Waals surface area contributed by atoms with Crippen LogP contribution < -0.4 is 0 Å². The van der Waals surface area contributed by atoms with E-state index in [-0.39, 0.29) is 5.82 Å². The molecule has 1 aromatic rings. The quantitative estimate of drug-likeness (QED) is 0.685. The largest absolute Gasteiger partial charge is 0.205 e. The minimum Gasteiger partial charge on any atom is -0.205 e. The number of benzene rings is 1. The second-order valence-corrected chi connectivity index (χ2v) is 3.88. The minimum absolute atomic E-state index is 0.165. The molecule has 0 bridgehead atoms. The fraction of sp³-hybridized carbons (Fsp3) is 0.250. The van der Waals surface area contributed by atoms with Gasteiger partial charge in [0.25, 0.3) is 0 Å². The van der Waals surface area contributed by atoms with Crippen LogP contribution >= 0.6 is 31.9 Å². The predicted molar refractivity (Wildman–Crippen MR) is 51.2 cm³/mol. The molecule has 11 heavy (non-hydrogen) atoms. The number of hydrogen-bond donors (Lipinski definition) is 0. The molecule has 0 heterocycles. The van der Waals surface area contributed by atoms with Gasteiger partial charge in [-0.2, -0.15) is 0 Å². The van der Waals surface area contributed by atoms with Crippen LogP contribution in [-0.2, 0) is 6.42 Å². The molecule has 0 aromatic heterocycles. The molecule has 0 radical (unpaired) electrons. The van der Waals surface area contributed by atoms with Crippen molar-refractivity contribution in [2.45, 2.75) is 13.3 Å². The molecule has 0 aliphatic rings. The van der Waals surface area contributed by atoms with Crippen LogP contribution in [0.1, 0.15) is 12.5 Å². The number of rotatable bonds is 1. The van der Waals surface area contributed by atoms with Crippen molar-refractivity contribution >= 4 is 31.9 Å². The molecule has 0 aliphatic heterocycles. The zero-order chi connectivity index (χ0) is 8.43. The highest BCUT2D eigenvalue weighted by Crippen LogP contribution is 2.26. The van der Waals surface area contributed by atoms with E-state index in [4.69, 9.17) is 0 Å². The molecule has 0 nitrogen and oxygen atoms in total. The maximum absolute atomic E-state index is 13.2. The summed E-state index contributed by atoms with van der Waals surface area (Å²) in [6.45, 7) is 1.93. The van der Waals surface area contributed by atoms with Gasteiger partial charge in [-0.25, -0.2) is 4.39 Å². The summed E-state index contributed by atoms with van der Waals surface area (Å²) in [7, 11) is 0. The van der Waals surface area contributed by atoms with Crippen LogP contribution in [0.25, 0.3) is 0 Å². The van der Waals surface area contributed by atoms with E-state index < -0.39 is 0 Å². The smallest absolute Gasteiger partial charge is 0.141 e. The van der Waals surface area contributed by atoms with E-state index in [9.17, 15) is 4.39 Å². The van der Waals surface area contributed by atoms with Gasteiger partial charge in [0.05, 0.1) is 4.47 Å². The van der Waals surface area contributed by atoms with Crippen molar-refractivity contribution in [1.29, 1.82) is 0 Å². The predicted octanol–water partition coefficient (Wildman–Crippen LogP) is 3.91. The Balaban J connectivity index is 3.29. The van der Waals surface area contributed by atoms with Crippen molar-refractivity contribution in [3.8, 4) is 0 Å². The van der Waals surface area contributed by atoms with Gasteiger partial charge >= 0.3 is 0 Å². The third kappa shape index (κ3) is 1.82. The van der Waals surface area contributed by atoms with E-state index in [0.29, 0.717) is 10.9 Å². The molecule has 0 aliphatic carbocycles. The molecule has 0 unspecified atom stereocenters. The summed E-state index contributed by atoms with van der Waals surface area (Å²) in [6.07, 6.45) is 0.700. The molecule has 60 valence electrons. The van der Waals surface area contributed by atoms with Crippen molar-refractivity contribution in [2.24, 2.45) is 0 Å². The lowest BCUT2D eigenvalue weighted by atomic mass is 10.2. The van der Waals surface area contributed by atoms with Gasteiger partial charge in [0.1, 0.15) is 5.82 Å². The monoisotopic (exact) mass is 280 g/mol. The molecule has 1 aromatic carbocycles. The molecule has 0 saturated heterocycles. The van der Waals surface area contributed by atoms with Crippen LogP contribution in [0.5, 0.6) is 0 Å². The van der Waals surface area contributed by atoms with Crippen molar-refractivity contribution in [2.75, 3.05) is 0 Å². The normalized spacial score (nSPS) is 10.2. The minimum atomic E-state index is -0.165. The van der Waals surface area contributed by atoms with Crippen molar-refractivity contribution in [1.82, 2.24) is 0 Å². The Morgan fingerprint density at radius 1 is 1.27 bits per heavy atom. The lowest BCUT2D eigenvalue weighted by molar-refractivity contribution is 0.604. The van der Waals surface area contributed by atoms with Crippen molar-refractivity contribution < 1.29 is 4.39 Å². The highest BCUT2D eigenvalue weighted by Gasteiger charge is 2.07. The van der Waals surface area contributed by atoms with E-state index in [1.807, 2.05) is 13.0 Å². The first kappa shape index (κ1) is 9.20. The first-order valence-electron chi connectivity index (χ1n) is 3.29. The van der Waals surface area contributed by atoms with E-state index in [1.54, 1.807) is 6.07 Å². The van der Waals surface area contributed by atoms with Crippen LogP contribution in [0.2, 0.25) is 0 Å². The topological polar surface area (TPSA) is 0 Å². The third-order valence-corrected chi connectivity index (χ3v) is 2.85. The average molecular weight is 282 g/mol. The maximum Gasteiger partial charge on any atom is 0.141 e. The molecule has 1 rings (SSSR count). The Bertz CT molecular complexity index is 271. The van der Waals surface area contributed by atoms with Crippen LogP contribution in [0.4, 0.5) is 4.39 Å². The Hall–Kier alpha value is 0.110. The lowest BCUT2D eigenvalue weighted by Gasteiger charge is -2.03. The van der Waals surface area contributed by atoms with Crippen LogP contribution in [-0.4, -0.2) is 0 Å². The first-order valence-corrected chi connectivity index (χ1v) is 4.87. The fourth-order valence-electron chi connectivity index (χ4n) is 0.893. The van der Waals surface area contributed by atoms with E-state index in [1.165, 1.54) is 0 Å². The molecular weight excluding hydrogens is 275 g/mol. The summed E-state index contributed by atoms with van der Waals surface area (Å²) >= 11 is 6.41. The molecule has 0 saturated carbocycles. The van der Waals surface area contributed by atoms with Gasteiger partial charge < -0.3 is 0 Å². The SMILES string of the molecule is CCc1c(Br)ccc(Br)c1F. The summed E-state index contributed by atoms with van der Waals surface area (Å²) in [5, 5.41) is 0. The van der Waals surface area contributed by atoms with Crippen molar-refractivity contribution in [3.05, 3.63) is 32.5 Å². The van der Waals surface area contributed by atoms with Gasteiger partial charge in [-0.1, -0.05) is 22.9 Å². The number of hydrogen-bond acceptors (Lipinski definition) is 0. The van der Waals surface area contributed by atoms with Gasteiger partial charge in [0.2, 0.25) is 0 Å². The first-order chi connectivity index (χ1) is 5.16. The second kappa shape index (κ2) is 3.68. The van der Waals surface area contributed by atoms with E-state index in [0.717, 1.165) is 10.0 Å². The standard InChI is InChI=1S/C8H7Br2F/c1-2-5-6(9)3-4-7(10)8(5)11/h3-4H,2H2,1H3.